The summed E-state index contributed by atoms with van der Waals surface area (Å²) in [5.41, 5.74) is 2.22. The fourth-order valence-electron chi connectivity index (χ4n) is 3.15. The van der Waals surface area contributed by atoms with Crippen LogP contribution in [0.5, 0.6) is 11.5 Å². The zero-order valence-electron chi connectivity index (χ0n) is 13.5. The van der Waals surface area contributed by atoms with Gasteiger partial charge in [0.15, 0.2) is 16.6 Å². The van der Waals surface area contributed by atoms with Crippen molar-refractivity contribution < 1.29 is 19.0 Å². The van der Waals surface area contributed by atoms with E-state index in [1.807, 2.05) is 17.0 Å². The van der Waals surface area contributed by atoms with E-state index in [4.69, 9.17) is 26.4 Å². The number of carbonyl (C=O) groups is 1. The molecule has 1 atom stereocenters. The standard InChI is InChI=1S/C16H20N2O4S/c1-20-5-4-17-15(19)12-6-10-7-13(21-2)14(22-3)8-11(10)9-18(12)16(17)23/h7-8,12H,4-6,9H2,1-3H3. The van der Waals surface area contributed by atoms with Crippen LogP contribution in [0.4, 0.5) is 0 Å². The third kappa shape index (κ3) is 2.64. The molecule has 0 aliphatic carbocycles. The van der Waals surface area contributed by atoms with Crippen LogP contribution in [0.15, 0.2) is 12.1 Å². The molecule has 3 rings (SSSR count). The third-order valence-corrected chi connectivity index (χ3v) is 4.84. The molecule has 7 heteroatoms. The van der Waals surface area contributed by atoms with E-state index < -0.39 is 0 Å². The molecule has 23 heavy (non-hydrogen) atoms. The van der Waals surface area contributed by atoms with Crippen LogP contribution >= 0.6 is 12.2 Å². The maximum atomic E-state index is 12.6. The van der Waals surface area contributed by atoms with Crippen LogP contribution < -0.4 is 9.47 Å². The van der Waals surface area contributed by atoms with Gasteiger partial charge in [-0.15, -0.1) is 0 Å². The fourth-order valence-corrected chi connectivity index (χ4v) is 3.52. The summed E-state index contributed by atoms with van der Waals surface area (Å²) in [6.07, 6.45) is 0.623. The predicted octanol–water partition coefficient (Wildman–Crippen LogP) is 1.20. The molecule has 0 spiro atoms. The Morgan fingerprint density at radius 2 is 1.83 bits per heavy atom. The normalized spacial score (nSPS) is 19.7. The number of ether oxygens (including phenoxy) is 3. The van der Waals surface area contributed by atoms with E-state index in [0.717, 1.165) is 11.1 Å². The van der Waals surface area contributed by atoms with Crippen molar-refractivity contribution in [3.63, 3.8) is 0 Å². The summed E-state index contributed by atoms with van der Waals surface area (Å²) in [6, 6.07) is 3.69. The van der Waals surface area contributed by atoms with Gasteiger partial charge in [0.1, 0.15) is 6.04 Å². The topological polar surface area (TPSA) is 51.2 Å². The second-order valence-corrected chi connectivity index (χ2v) is 5.95. The van der Waals surface area contributed by atoms with Crippen molar-refractivity contribution in [2.75, 3.05) is 34.5 Å². The second-order valence-electron chi connectivity index (χ2n) is 5.59. The van der Waals surface area contributed by atoms with Gasteiger partial charge in [0.25, 0.3) is 5.91 Å². The van der Waals surface area contributed by atoms with Gasteiger partial charge in [0.2, 0.25) is 0 Å². The Morgan fingerprint density at radius 1 is 1.17 bits per heavy atom. The summed E-state index contributed by atoms with van der Waals surface area (Å²) in [4.78, 5) is 16.3. The molecule has 0 N–H and O–H groups in total. The highest BCUT2D eigenvalue weighted by Crippen LogP contribution is 2.37. The molecule has 1 fully saturated rings. The minimum absolute atomic E-state index is 0.0486. The van der Waals surface area contributed by atoms with Crippen molar-refractivity contribution in [3.05, 3.63) is 23.3 Å². The lowest BCUT2D eigenvalue weighted by Crippen LogP contribution is -2.40. The lowest BCUT2D eigenvalue weighted by Gasteiger charge is -2.31. The minimum Gasteiger partial charge on any atom is -0.493 e. The number of nitrogens with zero attached hydrogens (tertiary/aromatic N) is 2. The molecule has 2 heterocycles. The van der Waals surface area contributed by atoms with Gasteiger partial charge < -0.3 is 19.1 Å². The number of carbonyl (C=O) groups excluding carboxylic acids is 1. The second kappa shape index (κ2) is 6.33. The first-order chi connectivity index (χ1) is 11.1. The molecule has 0 saturated carbocycles. The average molecular weight is 336 g/mol. The van der Waals surface area contributed by atoms with Crippen molar-refractivity contribution in [3.8, 4) is 11.5 Å². The summed E-state index contributed by atoms with van der Waals surface area (Å²) in [5.74, 6) is 1.42. The number of rotatable bonds is 5. The molecule has 1 aromatic carbocycles. The fraction of sp³-hybridized carbons (Fsp3) is 0.500. The maximum absolute atomic E-state index is 12.6. The van der Waals surface area contributed by atoms with Crippen molar-refractivity contribution >= 4 is 23.2 Å². The molecular weight excluding hydrogens is 316 g/mol. The number of thiocarbonyl (C=S) groups is 1. The smallest absolute Gasteiger partial charge is 0.251 e. The van der Waals surface area contributed by atoms with Gasteiger partial charge in [0.05, 0.1) is 27.4 Å². The number of hydrogen-bond donors (Lipinski definition) is 0. The van der Waals surface area contributed by atoms with E-state index in [1.165, 1.54) is 0 Å². The highest BCUT2D eigenvalue weighted by atomic mass is 32.1. The van der Waals surface area contributed by atoms with Gasteiger partial charge in [-0.3, -0.25) is 9.69 Å². The van der Waals surface area contributed by atoms with Crippen LogP contribution in [0, 0.1) is 0 Å². The van der Waals surface area contributed by atoms with Crippen LogP contribution in [0.25, 0.3) is 0 Å². The number of fused-ring (bicyclic) bond motifs is 2. The Bertz CT molecular complexity index is 598. The van der Waals surface area contributed by atoms with E-state index in [1.54, 1.807) is 26.2 Å². The molecule has 0 aromatic heterocycles. The van der Waals surface area contributed by atoms with Crippen molar-refractivity contribution in [1.29, 1.82) is 0 Å². The number of benzene rings is 1. The highest BCUT2D eigenvalue weighted by molar-refractivity contribution is 7.80. The van der Waals surface area contributed by atoms with E-state index >= 15 is 0 Å². The third-order valence-electron chi connectivity index (χ3n) is 4.38. The number of hydrogen-bond acceptors (Lipinski definition) is 5. The summed E-state index contributed by atoms with van der Waals surface area (Å²) in [6.45, 7) is 1.57. The molecule has 124 valence electrons. The van der Waals surface area contributed by atoms with E-state index in [0.29, 0.717) is 42.7 Å². The zero-order chi connectivity index (χ0) is 16.6. The Morgan fingerprint density at radius 3 is 2.43 bits per heavy atom. The summed E-state index contributed by atoms with van der Waals surface area (Å²) < 4.78 is 15.8. The first-order valence-electron chi connectivity index (χ1n) is 7.45. The molecule has 6 nitrogen and oxygen atoms in total. The molecule has 2 aliphatic rings. The zero-order valence-corrected chi connectivity index (χ0v) is 14.3. The molecule has 1 amide bonds. The summed E-state index contributed by atoms with van der Waals surface area (Å²) >= 11 is 5.49. The lowest BCUT2D eigenvalue weighted by molar-refractivity contribution is -0.128. The number of methoxy groups -OCH3 is 3. The summed E-state index contributed by atoms with van der Waals surface area (Å²) in [7, 11) is 4.85. The molecule has 1 aromatic rings. The summed E-state index contributed by atoms with van der Waals surface area (Å²) in [5, 5.41) is 0.581. The first-order valence-corrected chi connectivity index (χ1v) is 7.86. The lowest BCUT2D eigenvalue weighted by atomic mass is 9.94. The van der Waals surface area contributed by atoms with Crippen molar-refractivity contribution in [1.82, 2.24) is 9.80 Å². The Hall–Kier alpha value is -1.86. The molecule has 1 saturated heterocycles. The minimum atomic E-state index is -0.232. The average Bonchev–Trinajstić information content (AvgIpc) is 2.80. The molecular formula is C16H20N2O4S. The maximum Gasteiger partial charge on any atom is 0.251 e. The van der Waals surface area contributed by atoms with Crippen molar-refractivity contribution in [2.24, 2.45) is 0 Å². The Labute approximate surface area is 140 Å². The SMILES string of the molecule is COCCN1C(=O)C2Cc3cc(OC)c(OC)cc3CN2C1=S. The van der Waals surface area contributed by atoms with E-state index in [2.05, 4.69) is 0 Å². The Kier molecular flexibility index (Phi) is 4.41. The molecule has 0 bridgehead atoms. The Balaban J connectivity index is 1.90. The molecule has 1 unspecified atom stereocenters. The van der Waals surface area contributed by atoms with Gasteiger partial charge in [-0.05, 0) is 35.5 Å². The van der Waals surface area contributed by atoms with E-state index in [9.17, 15) is 4.79 Å². The highest BCUT2D eigenvalue weighted by Gasteiger charge is 2.44. The van der Waals surface area contributed by atoms with Crippen LogP contribution in [0.3, 0.4) is 0 Å². The van der Waals surface area contributed by atoms with Crippen LogP contribution in [-0.2, 0) is 22.5 Å². The van der Waals surface area contributed by atoms with Crippen molar-refractivity contribution in [2.45, 2.75) is 19.0 Å². The number of amides is 1. The van der Waals surface area contributed by atoms with Gasteiger partial charge in [-0.25, -0.2) is 0 Å². The molecule has 0 radical (unpaired) electrons. The predicted molar refractivity (Wildman–Crippen MR) is 88.8 cm³/mol. The van der Waals surface area contributed by atoms with Crippen LogP contribution in [0.2, 0.25) is 0 Å². The van der Waals surface area contributed by atoms with Crippen LogP contribution in [0.1, 0.15) is 11.1 Å². The quantitative estimate of drug-likeness (QED) is 0.753. The van der Waals surface area contributed by atoms with Gasteiger partial charge >= 0.3 is 0 Å². The largest absolute Gasteiger partial charge is 0.493 e. The van der Waals surface area contributed by atoms with Gasteiger partial charge in [-0.2, -0.15) is 0 Å². The monoisotopic (exact) mass is 336 g/mol. The first kappa shape index (κ1) is 16.0. The molecule has 2 aliphatic heterocycles. The van der Waals surface area contributed by atoms with Gasteiger partial charge in [-0.1, -0.05) is 0 Å². The van der Waals surface area contributed by atoms with Crippen LogP contribution in [-0.4, -0.2) is 61.3 Å². The van der Waals surface area contributed by atoms with E-state index in [-0.39, 0.29) is 11.9 Å². The van der Waals surface area contributed by atoms with Gasteiger partial charge in [0, 0.05) is 20.1 Å².